The van der Waals surface area contributed by atoms with Gasteiger partial charge in [0.25, 0.3) is 0 Å². The maximum atomic E-state index is 4.56. The van der Waals surface area contributed by atoms with Crippen LogP contribution in [0.5, 0.6) is 0 Å². The molecule has 3 heterocycles. The molecule has 1 N–H and O–H groups in total. The minimum atomic E-state index is 0.376. The van der Waals surface area contributed by atoms with E-state index in [0.717, 1.165) is 30.0 Å². The quantitative estimate of drug-likeness (QED) is 0.869. The van der Waals surface area contributed by atoms with E-state index in [1.807, 2.05) is 0 Å². The highest BCUT2D eigenvalue weighted by Gasteiger charge is 2.19. The second-order valence-electron chi connectivity index (χ2n) is 7.14. The highest BCUT2D eigenvalue weighted by Crippen LogP contribution is 2.20. The number of nitrogens with zero attached hydrogens (tertiary/aromatic N) is 6. The van der Waals surface area contributed by atoms with Crippen LogP contribution in [0.4, 0.5) is 5.69 Å². The molecule has 0 bridgehead atoms. The van der Waals surface area contributed by atoms with Gasteiger partial charge in [0.05, 0.1) is 11.4 Å². The second-order valence-corrected chi connectivity index (χ2v) is 7.14. The molecule has 2 aromatic heterocycles. The molecule has 0 radical (unpaired) electrons. The van der Waals surface area contributed by atoms with Crippen molar-refractivity contribution in [3.05, 3.63) is 18.1 Å². The van der Waals surface area contributed by atoms with E-state index in [2.05, 4.69) is 64.3 Å². The van der Waals surface area contributed by atoms with Crippen LogP contribution in [0.1, 0.15) is 38.8 Å². The Morgan fingerprint density at radius 1 is 1.17 bits per heavy atom. The van der Waals surface area contributed by atoms with Gasteiger partial charge in [-0.3, -0.25) is 4.90 Å². The second kappa shape index (κ2) is 7.44. The highest BCUT2D eigenvalue weighted by molar-refractivity contribution is 5.66. The van der Waals surface area contributed by atoms with Crippen molar-refractivity contribution in [3.8, 4) is 0 Å². The van der Waals surface area contributed by atoms with E-state index < -0.39 is 0 Å². The van der Waals surface area contributed by atoms with Gasteiger partial charge in [0.2, 0.25) is 5.65 Å². The average Bonchev–Trinajstić information content (AvgIpc) is 3.03. The Kier molecular flexibility index (Phi) is 5.30. The first-order chi connectivity index (χ1) is 11.5. The van der Waals surface area contributed by atoms with Gasteiger partial charge in [0.15, 0.2) is 0 Å². The van der Waals surface area contributed by atoms with E-state index in [9.17, 15) is 0 Å². The van der Waals surface area contributed by atoms with Crippen LogP contribution in [0, 0.1) is 0 Å². The molecular weight excluding hydrogens is 302 g/mol. The largest absolute Gasteiger partial charge is 0.382 e. The summed E-state index contributed by atoms with van der Waals surface area (Å²) < 4.78 is 1.77. The summed E-state index contributed by atoms with van der Waals surface area (Å²) in [4.78, 5) is 4.98. The van der Waals surface area contributed by atoms with Crippen molar-refractivity contribution >= 4 is 11.3 Å². The SMILES string of the molecule is CC(C)c1cc(NCCC(C)N2CCN(C)CC2)c2nncn2n1. The lowest BCUT2D eigenvalue weighted by molar-refractivity contribution is 0.116. The first kappa shape index (κ1) is 17.1. The Morgan fingerprint density at radius 3 is 2.62 bits per heavy atom. The number of fused-ring (bicyclic) bond motifs is 1. The molecule has 0 aromatic carbocycles. The molecule has 1 aliphatic heterocycles. The van der Waals surface area contributed by atoms with Crippen LogP contribution in [0.3, 0.4) is 0 Å². The van der Waals surface area contributed by atoms with E-state index in [-0.39, 0.29) is 0 Å². The zero-order valence-corrected chi connectivity index (χ0v) is 15.2. The first-order valence-electron chi connectivity index (χ1n) is 8.92. The summed E-state index contributed by atoms with van der Waals surface area (Å²) in [6, 6.07) is 2.70. The van der Waals surface area contributed by atoms with Crippen molar-refractivity contribution in [2.45, 2.75) is 39.2 Å². The zero-order chi connectivity index (χ0) is 17.1. The summed E-state index contributed by atoms with van der Waals surface area (Å²) in [5.41, 5.74) is 2.88. The van der Waals surface area contributed by atoms with Crippen LogP contribution in [0.2, 0.25) is 0 Å². The summed E-state index contributed by atoms with van der Waals surface area (Å²) in [7, 11) is 2.20. The van der Waals surface area contributed by atoms with E-state index in [4.69, 9.17) is 0 Å². The summed E-state index contributed by atoms with van der Waals surface area (Å²) in [6.45, 7) is 12.2. The lowest BCUT2D eigenvalue weighted by Crippen LogP contribution is -2.48. The number of piperazine rings is 1. The Bertz CT molecular complexity index is 658. The molecule has 0 saturated carbocycles. The molecule has 1 unspecified atom stereocenters. The number of likely N-dealkylation sites (N-methyl/N-ethyl adjacent to an activating group) is 1. The van der Waals surface area contributed by atoms with Crippen LogP contribution in [0.25, 0.3) is 5.65 Å². The lowest BCUT2D eigenvalue weighted by atomic mass is 10.1. The average molecular weight is 331 g/mol. The first-order valence-corrected chi connectivity index (χ1v) is 8.92. The monoisotopic (exact) mass is 331 g/mol. The normalized spacial score (nSPS) is 18.4. The van der Waals surface area contributed by atoms with Gasteiger partial charge in [-0.25, -0.2) is 0 Å². The van der Waals surface area contributed by atoms with E-state index in [0.29, 0.717) is 12.0 Å². The molecule has 1 saturated heterocycles. The van der Waals surface area contributed by atoms with Gasteiger partial charge in [0.1, 0.15) is 6.33 Å². The highest BCUT2D eigenvalue weighted by atomic mass is 15.3. The van der Waals surface area contributed by atoms with E-state index >= 15 is 0 Å². The van der Waals surface area contributed by atoms with Crippen LogP contribution >= 0.6 is 0 Å². The molecule has 24 heavy (non-hydrogen) atoms. The minimum Gasteiger partial charge on any atom is -0.382 e. The number of rotatable bonds is 6. The smallest absolute Gasteiger partial charge is 0.200 e. The fourth-order valence-corrected chi connectivity index (χ4v) is 3.12. The summed E-state index contributed by atoms with van der Waals surface area (Å²) >= 11 is 0. The molecule has 1 fully saturated rings. The molecular formula is C17H29N7. The Hall–Kier alpha value is -1.73. The predicted molar refractivity (Wildman–Crippen MR) is 96.5 cm³/mol. The summed E-state index contributed by atoms with van der Waals surface area (Å²) in [5.74, 6) is 0.376. The molecule has 7 nitrogen and oxygen atoms in total. The predicted octanol–water partition coefficient (Wildman–Crippen LogP) is 1.69. The van der Waals surface area contributed by atoms with Crippen LogP contribution in [-0.4, -0.2) is 75.4 Å². The van der Waals surface area contributed by atoms with Gasteiger partial charge in [-0.2, -0.15) is 9.61 Å². The van der Waals surface area contributed by atoms with Crippen molar-refractivity contribution in [1.82, 2.24) is 29.6 Å². The third-order valence-corrected chi connectivity index (χ3v) is 4.92. The number of hydrogen-bond donors (Lipinski definition) is 1. The number of nitrogens with one attached hydrogen (secondary N) is 1. The number of aromatic nitrogens is 4. The standard InChI is InChI=1S/C17H29N7/c1-13(2)15-11-16(17-20-19-12-24(17)21-15)18-6-5-14(3)23-9-7-22(4)8-10-23/h11-14,18H,5-10H2,1-4H3. The van der Waals surface area contributed by atoms with Crippen LogP contribution in [-0.2, 0) is 0 Å². The minimum absolute atomic E-state index is 0.376. The molecule has 132 valence electrons. The van der Waals surface area contributed by atoms with Gasteiger partial charge < -0.3 is 10.2 Å². The fourth-order valence-electron chi connectivity index (χ4n) is 3.12. The molecule has 0 spiro atoms. The Morgan fingerprint density at radius 2 is 1.92 bits per heavy atom. The van der Waals surface area contributed by atoms with Crippen molar-refractivity contribution in [2.24, 2.45) is 0 Å². The van der Waals surface area contributed by atoms with Gasteiger partial charge in [0, 0.05) is 38.8 Å². The Balaban J connectivity index is 1.60. The molecule has 7 heteroatoms. The van der Waals surface area contributed by atoms with Crippen molar-refractivity contribution in [1.29, 1.82) is 0 Å². The zero-order valence-electron chi connectivity index (χ0n) is 15.2. The molecule has 1 atom stereocenters. The fraction of sp³-hybridized carbons (Fsp3) is 0.706. The number of hydrogen-bond acceptors (Lipinski definition) is 6. The van der Waals surface area contributed by atoms with Gasteiger partial charge in [-0.15, -0.1) is 10.2 Å². The third-order valence-electron chi connectivity index (χ3n) is 4.92. The number of anilines is 1. The topological polar surface area (TPSA) is 61.6 Å². The van der Waals surface area contributed by atoms with Crippen LogP contribution < -0.4 is 5.32 Å². The third kappa shape index (κ3) is 3.84. The van der Waals surface area contributed by atoms with Crippen molar-refractivity contribution in [3.63, 3.8) is 0 Å². The Labute approximate surface area is 144 Å². The van der Waals surface area contributed by atoms with Gasteiger partial charge in [-0.05, 0) is 32.4 Å². The van der Waals surface area contributed by atoms with E-state index in [1.165, 1.54) is 26.2 Å². The maximum Gasteiger partial charge on any atom is 0.200 e. The molecule has 0 aliphatic carbocycles. The van der Waals surface area contributed by atoms with Gasteiger partial charge >= 0.3 is 0 Å². The van der Waals surface area contributed by atoms with Crippen molar-refractivity contribution < 1.29 is 0 Å². The molecule has 1 aliphatic rings. The summed E-state index contributed by atoms with van der Waals surface area (Å²) in [5, 5.41) is 16.3. The molecule has 2 aromatic rings. The maximum absolute atomic E-state index is 4.56. The van der Waals surface area contributed by atoms with Crippen LogP contribution in [0.15, 0.2) is 12.4 Å². The molecule has 3 rings (SSSR count). The van der Waals surface area contributed by atoms with Gasteiger partial charge in [-0.1, -0.05) is 13.8 Å². The van der Waals surface area contributed by atoms with Crippen molar-refractivity contribution in [2.75, 3.05) is 45.1 Å². The lowest BCUT2D eigenvalue weighted by Gasteiger charge is -2.36. The van der Waals surface area contributed by atoms with E-state index in [1.54, 1.807) is 10.8 Å². The summed E-state index contributed by atoms with van der Waals surface area (Å²) in [6.07, 6.45) is 2.78. The molecule has 0 amide bonds.